The Hall–Kier alpha value is -1.35. The van der Waals surface area contributed by atoms with Gasteiger partial charge in [0.2, 0.25) is 5.91 Å². The number of benzene rings is 1. The highest BCUT2D eigenvalue weighted by molar-refractivity contribution is 5.75. The molecule has 0 aromatic heterocycles. The van der Waals surface area contributed by atoms with Crippen molar-refractivity contribution in [2.24, 2.45) is 0 Å². The fraction of sp³-hybridized carbons (Fsp3) is 0.562. The molecule has 1 unspecified atom stereocenters. The molecule has 1 N–H and O–H groups in total. The standard InChI is InChI=1S/C16H24N2O/c1-18(13-11-14-6-3-2-4-7-14)16(19)10-9-15-8-5-12-17-15/h2-4,6-7,15,17H,5,8-13H2,1H3. The van der Waals surface area contributed by atoms with Crippen molar-refractivity contribution in [3.05, 3.63) is 35.9 Å². The minimum atomic E-state index is 0.268. The van der Waals surface area contributed by atoms with E-state index in [0.29, 0.717) is 12.5 Å². The van der Waals surface area contributed by atoms with Crippen molar-refractivity contribution in [3.8, 4) is 0 Å². The summed E-state index contributed by atoms with van der Waals surface area (Å²) >= 11 is 0. The molecule has 1 saturated heterocycles. The molecular formula is C16H24N2O. The summed E-state index contributed by atoms with van der Waals surface area (Å²) in [5.41, 5.74) is 1.29. The SMILES string of the molecule is CN(CCc1ccccc1)C(=O)CCC1CCCN1. The lowest BCUT2D eigenvalue weighted by molar-refractivity contribution is -0.130. The highest BCUT2D eigenvalue weighted by atomic mass is 16.2. The van der Waals surface area contributed by atoms with Crippen molar-refractivity contribution >= 4 is 5.91 Å². The molecule has 3 nitrogen and oxygen atoms in total. The lowest BCUT2D eigenvalue weighted by Crippen LogP contribution is -2.30. The second kappa shape index (κ2) is 7.29. The normalized spacial score (nSPS) is 18.5. The van der Waals surface area contributed by atoms with Crippen LogP contribution in [0.25, 0.3) is 0 Å². The Labute approximate surface area is 116 Å². The van der Waals surface area contributed by atoms with E-state index in [4.69, 9.17) is 0 Å². The van der Waals surface area contributed by atoms with Gasteiger partial charge in [-0.15, -0.1) is 0 Å². The summed E-state index contributed by atoms with van der Waals surface area (Å²) in [4.78, 5) is 13.9. The van der Waals surface area contributed by atoms with Crippen LogP contribution in [0.15, 0.2) is 30.3 Å². The molecule has 1 heterocycles. The fourth-order valence-electron chi connectivity index (χ4n) is 2.56. The predicted molar refractivity (Wildman–Crippen MR) is 78.0 cm³/mol. The monoisotopic (exact) mass is 260 g/mol. The van der Waals surface area contributed by atoms with E-state index < -0.39 is 0 Å². The molecule has 2 rings (SSSR count). The Morgan fingerprint density at radius 2 is 2.16 bits per heavy atom. The summed E-state index contributed by atoms with van der Waals surface area (Å²) in [6, 6.07) is 10.9. The summed E-state index contributed by atoms with van der Waals surface area (Å²) < 4.78 is 0. The molecule has 0 spiro atoms. The highest BCUT2D eigenvalue weighted by Crippen LogP contribution is 2.11. The summed E-state index contributed by atoms with van der Waals surface area (Å²) in [5, 5.41) is 3.44. The third-order valence-electron chi connectivity index (χ3n) is 3.87. The minimum absolute atomic E-state index is 0.268. The van der Waals surface area contributed by atoms with Gasteiger partial charge in [0.15, 0.2) is 0 Å². The summed E-state index contributed by atoms with van der Waals surface area (Å²) in [7, 11) is 1.91. The van der Waals surface area contributed by atoms with Crippen LogP contribution in [0.2, 0.25) is 0 Å². The van der Waals surface area contributed by atoms with Gasteiger partial charge in [-0.1, -0.05) is 30.3 Å². The first-order valence-corrected chi connectivity index (χ1v) is 7.27. The Bertz CT molecular complexity index is 385. The first-order valence-electron chi connectivity index (χ1n) is 7.27. The zero-order valence-corrected chi connectivity index (χ0v) is 11.8. The van der Waals surface area contributed by atoms with Gasteiger partial charge in [-0.2, -0.15) is 0 Å². The van der Waals surface area contributed by atoms with Gasteiger partial charge in [0.25, 0.3) is 0 Å². The average molecular weight is 260 g/mol. The van der Waals surface area contributed by atoms with Crippen molar-refractivity contribution in [2.45, 2.75) is 38.1 Å². The summed E-state index contributed by atoms with van der Waals surface area (Å²) in [5.74, 6) is 0.268. The summed E-state index contributed by atoms with van der Waals surface area (Å²) in [6.45, 7) is 1.92. The molecule has 19 heavy (non-hydrogen) atoms. The van der Waals surface area contributed by atoms with Crippen molar-refractivity contribution in [2.75, 3.05) is 20.1 Å². The number of rotatable bonds is 6. The van der Waals surface area contributed by atoms with Crippen LogP contribution in [0.3, 0.4) is 0 Å². The van der Waals surface area contributed by atoms with Crippen LogP contribution < -0.4 is 5.32 Å². The second-order valence-electron chi connectivity index (χ2n) is 5.38. The first-order chi connectivity index (χ1) is 9.25. The lowest BCUT2D eigenvalue weighted by atomic mass is 10.1. The van der Waals surface area contributed by atoms with Gasteiger partial charge >= 0.3 is 0 Å². The van der Waals surface area contributed by atoms with Crippen LogP contribution in [0.1, 0.15) is 31.2 Å². The molecule has 1 amide bonds. The van der Waals surface area contributed by atoms with Crippen LogP contribution in [0, 0.1) is 0 Å². The first kappa shape index (κ1) is 14.1. The van der Waals surface area contributed by atoms with E-state index in [1.807, 2.05) is 30.1 Å². The van der Waals surface area contributed by atoms with E-state index in [-0.39, 0.29) is 5.91 Å². The van der Waals surface area contributed by atoms with Crippen LogP contribution in [0.4, 0.5) is 0 Å². The fourth-order valence-corrected chi connectivity index (χ4v) is 2.56. The maximum Gasteiger partial charge on any atom is 0.222 e. The van der Waals surface area contributed by atoms with Gasteiger partial charge in [-0.3, -0.25) is 4.79 Å². The number of carbonyl (C=O) groups excluding carboxylic acids is 1. The molecule has 1 atom stereocenters. The van der Waals surface area contributed by atoms with Gasteiger partial charge in [0.05, 0.1) is 0 Å². The Morgan fingerprint density at radius 3 is 2.84 bits per heavy atom. The van der Waals surface area contributed by atoms with Gasteiger partial charge in [0, 0.05) is 26.1 Å². The zero-order chi connectivity index (χ0) is 13.5. The molecule has 0 radical (unpaired) electrons. The highest BCUT2D eigenvalue weighted by Gasteiger charge is 2.16. The molecule has 0 saturated carbocycles. The van der Waals surface area contributed by atoms with Gasteiger partial charge < -0.3 is 10.2 Å². The summed E-state index contributed by atoms with van der Waals surface area (Å²) in [6.07, 6.45) is 5.06. The van der Waals surface area contributed by atoms with Crippen LogP contribution in [0.5, 0.6) is 0 Å². The molecule has 1 aromatic rings. The molecule has 1 fully saturated rings. The third kappa shape index (κ3) is 4.67. The number of nitrogens with one attached hydrogen (secondary N) is 1. The van der Waals surface area contributed by atoms with E-state index in [1.54, 1.807) is 0 Å². The van der Waals surface area contributed by atoms with Gasteiger partial charge in [-0.05, 0) is 37.8 Å². The molecule has 3 heteroatoms. The lowest BCUT2D eigenvalue weighted by Gasteiger charge is -2.18. The van der Waals surface area contributed by atoms with E-state index in [2.05, 4.69) is 17.4 Å². The van der Waals surface area contributed by atoms with Crippen molar-refractivity contribution in [1.82, 2.24) is 10.2 Å². The number of carbonyl (C=O) groups is 1. The maximum atomic E-state index is 12.0. The van der Waals surface area contributed by atoms with Crippen molar-refractivity contribution in [1.29, 1.82) is 0 Å². The smallest absolute Gasteiger partial charge is 0.222 e. The van der Waals surface area contributed by atoms with E-state index >= 15 is 0 Å². The molecular weight excluding hydrogens is 236 g/mol. The molecule has 0 bridgehead atoms. The topological polar surface area (TPSA) is 32.3 Å². The van der Waals surface area contributed by atoms with Crippen molar-refractivity contribution < 1.29 is 4.79 Å². The Morgan fingerprint density at radius 1 is 1.37 bits per heavy atom. The second-order valence-corrected chi connectivity index (χ2v) is 5.38. The van der Waals surface area contributed by atoms with Crippen LogP contribution >= 0.6 is 0 Å². The molecule has 1 aliphatic heterocycles. The van der Waals surface area contributed by atoms with E-state index in [0.717, 1.165) is 25.9 Å². The number of likely N-dealkylation sites (N-methyl/N-ethyl adjacent to an activating group) is 1. The number of hydrogen-bond donors (Lipinski definition) is 1. The third-order valence-corrected chi connectivity index (χ3v) is 3.87. The van der Waals surface area contributed by atoms with Crippen LogP contribution in [-0.4, -0.2) is 37.0 Å². The molecule has 1 aliphatic rings. The number of hydrogen-bond acceptors (Lipinski definition) is 2. The molecule has 104 valence electrons. The van der Waals surface area contributed by atoms with E-state index in [1.165, 1.54) is 18.4 Å². The zero-order valence-electron chi connectivity index (χ0n) is 11.8. The Kier molecular flexibility index (Phi) is 5.40. The average Bonchev–Trinajstić information content (AvgIpc) is 2.96. The van der Waals surface area contributed by atoms with Crippen molar-refractivity contribution in [3.63, 3.8) is 0 Å². The quantitative estimate of drug-likeness (QED) is 0.850. The molecule has 0 aliphatic carbocycles. The minimum Gasteiger partial charge on any atom is -0.345 e. The Balaban J connectivity index is 1.67. The van der Waals surface area contributed by atoms with Gasteiger partial charge in [-0.25, -0.2) is 0 Å². The van der Waals surface area contributed by atoms with Gasteiger partial charge in [0.1, 0.15) is 0 Å². The number of amides is 1. The maximum absolute atomic E-state index is 12.0. The predicted octanol–water partition coefficient (Wildman–Crippen LogP) is 2.22. The number of nitrogens with zero attached hydrogens (tertiary/aromatic N) is 1. The largest absolute Gasteiger partial charge is 0.345 e. The molecule has 1 aromatic carbocycles. The van der Waals surface area contributed by atoms with Crippen LogP contribution in [-0.2, 0) is 11.2 Å². The van der Waals surface area contributed by atoms with E-state index in [9.17, 15) is 4.79 Å².